The first-order valence-corrected chi connectivity index (χ1v) is 6.87. The van der Waals surface area contributed by atoms with Crippen LogP contribution in [0.5, 0.6) is 0 Å². The van der Waals surface area contributed by atoms with Gasteiger partial charge in [0, 0.05) is 17.6 Å². The number of hydrogen-bond donors (Lipinski definition) is 2. The lowest BCUT2D eigenvalue weighted by Gasteiger charge is -2.29. The van der Waals surface area contributed by atoms with Crippen molar-refractivity contribution in [3.63, 3.8) is 0 Å². The van der Waals surface area contributed by atoms with E-state index >= 15 is 0 Å². The molecule has 3 atom stereocenters. The summed E-state index contributed by atoms with van der Waals surface area (Å²) >= 11 is 0. The molecule has 4 heteroatoms. The smallest absolute Gasteiger partial charge is 0.128 e. The number of aryl methyl sites for hydroxylation is 1. The summed E-state index contributed by atoms with van der Waals surface area (Å²) in [5.41, 5.74) is 0.671. The Bertz CT molecular complexity index is 450. The van der Waals surface area contributed by atoms with E-state index in [0.717, 1.165) is 19.3 Å². The van der Waals surface area contributed by atoms with Gasteiger partial charge in [-0.15, -0.1) is 0 Å². The van der Waals surface area contributed by atoms with Crippen molar-refractivity contribution in [3.05, 3.63) is 34.9 Å². The number of aliphatic hydroxyl groups excluding tert-OH is 1. The Morgan fingerprint density at radius 2 is 2.00 bits per heavy atom. The first-order chi connectivity index (χ1) is 8.97. The zero-order chi connectivity index (χ0) is 14.0. The quantitative estimate of drug-likeness (QED) is 0.883. The fourth-order valence-corrected chi connectivity index (χ4v) is 2.75. The van der Waals surface area contributed by atoms with Gasteiger partial charge in [0.2, 0.25) is 0 Å². The highest BCUT2D eigenvalue weighted by molar-refractivity contribution is 5.27. The normalized spacial score (nSPS) is 25.3. The summed E-state index contributed by atoms with van der Waals surface area (Å²) in [4.78, 5) is 0. The molecular weight excluding hydrogens is 248 g/mol. The van der Waals surface area contributed by atoms with E-state index in [4.69, 9.17) is 0 Å². The van der Waals surface area contributed by atoms with Crippen LogP contribution in [0, 0.1) is 18.6 Å². The van der Waals surface area contributed by atoms with Crippen molar-refractivity contribution in [2.24, 2.45) is 0 Å². The maximum Gasteiger partial charge on any atom is 0.128 e. The Hall–Kier alpha value is -1.00. The van der Waals surface area contributed by atoms with Crippen molar-refractivity contribution in [1.82, 2.24) is 5.32 Å². The second-order valence-electron chi connectivity index (χ2n) is 5.53. The fourth-order valence-electron chi connectivity index (χ4n) is 2.75. The first-order valence-electron chi connectivity index (χ1n) is 6.87. The average molecular weight is 269 g/mol. The molecule has 2 nitrogen and oxygen atoms in total. The molecule has 2 N–H and O–H groups in total. The SMILES string of the molecule is Cc1cc(F)c(C(C)NC2CCCC(O)C2)cc1F. The lowest BCUT2D eigenvalue weighted by atomic mass is 9.92. The Kier molecular flexibility index (Phi) is 4.53. The Balaban J connectivity index is 2.07. The van der Waals surface area contributed by atoms with Gasteiger partial charge in [-0.05, 0) is 57.2 Å². The molecule has 0 heterocycles. The van der Waals surface area contributed by atoms with Gasteiger partial charge in [-0.1, -0.05) is 0 Å². The standard InChI is InChI=1S/C15H21F2NO/c1-9-6-15(17)13(8-14(9)16)10(2)18-11-4-3-5-12(19)7-11/h6,8,10-12,18-19H,3-5,7H2,1-2H3. The zero-order valence-electron chi connectivity index (χ0n) is 11.4. The summed E-state index contributed by atoms with van der Waals surface area (Å²) < 4.78 is 27.4. The van der Waals surface area contributed by atoms with Crippen LogP contribution in [0.4, 0.5) is 8.78 Å². The molecule has 3 unspecified atom stereocenters. The molecule has 0 spiro atoms. The number of halogens is 2. The van der Waals surface area contributed by atoms with Crippen molar-refractivity contribution >= 4 is 0 Å². The van der Waals surface area contributed by atoms with Crippen LogP contribution in [0.2, 0.25) is 0 Å². The van der Waals surface area contributed by atoms with Crippen LogP contribution in [0.3, 0.4) is 0 Å². The van der Waals surface area contributed by atoms with E-state index in [1.807, 2.05) is 6.92 Å². The third-order valence-electron chi connectivity index (χ3n) is 3.88. The summed E-state index contributed by atoms with van der Waals surface area (Å²) in [6.07, 6.45) is 3.17. The van der Waals surface area contributed by atoms with Gasteiger partial charge in [0.05, 0.1) is 6.10 Å². The molecule has 106 valence electrons. The first kappa shape index (κ1) is 14.4. The van der Waals surface area contributed by atoms with Gasteiger partial charge in [-0.3, -0.25) is 0 Å². The average Bonchev–Trinajstić information content (AvgIpc) is 2.33. The third-order valence-corrected chi connectivity index (χ3v) is 3.88. The molecule has 1 fully saturated rings. The van der Waals surface area contributed by atoms with Crippen LogP contribution in [0.15, 0.2) is 12.1 Å². The minimum absolute atomic E-state index is 0.169. The van der Waals surface area contributed by atoms with Crippen molar-refractivity contribution in [2.45, 2.75) is 57.7 Å². The number of aliphatic hydroxyl groups is 1. The Morgan fingerprint density at radius 1 is 1.26 bits per heavy atom. The lowest BCUT2D eigenvalue weighted by molar-refractivity contribution is 0.109. The topological polar surface area (TPSA) is 32.3 Å². The van der Waals surface area contributed by atoms with Gasteiger partial charge in [-0.25, -0.2) is 8.78 Å². The summed E-state index contributed by atoms with van der Waals surface area (Å²) in [5.74, 6) is -0.760. The number of hydrogen-bond acceptors (Lipinski definition) is 2. The molecule has 19 heavy (non-hydrogen) atoms. The van der Waals surface area contributed by atoms with Gasteiger partial charge in [-0.2, -0.15) is 0 Å². The molecular formula is C15H21F2NO. The van der Waals surface area contributed by atoms with Crippen molar-refractivity contribution in [1.29, 1.82) is 0 Å². The van der Waals surface area contributed by atoms with E-state index in [-0.39, 0.29) is 29.8 Å². The van der Waals surface area contributed by atoms with Crippen molar-refractivity contribution in [2.75, 3.05) is 0 Å². The lowest BCUT2D eigenvalue weighted by Crippen LogP contribution is -2.37. The summed E-state index contributed by atoms with van der Waals surface area (Å²) in [7, 11) is 0. The highest BCUT2D eigenvalue weighted by Crippen LogP contribution is 2.24. The van der Waals surface area contributed by atoms with Gasteiger partial charge < -0.3 is 10.4 Å². The molecule has 1 aliphatic rings. The van der Waals surface area contributed by atoms with Crippen LogP contribution in [-0.2, 0) is 0 Å². The van der Waals surface area contributed by atoms with Crippen LogP contribution in [0.25, 0.3) is 0 Å². The van der Waals surface area contributed by atoms with E-state index in [2.05, 4.69) is 5.32 Å². The van der Waals surface area contributed by atoms with Crippen molar-refractivity contribution in [3.8, 4) is 0 Å². The largest absolute Gasteiger partial charge is 0.393 e. The highest BCUT2D eigenvalue weighted by atomic mass is 19.1. The number of rotatable bonds is 3. The molecule has 0 aliphatic heterocycles. The van der Waals surface area contributed by atoms with Crippen LogP contribution >= 0.6 is 0 Å². The number of nitrogens with one attached hydrogen (secondary N) is 1. The molecule has 0 bridgehead atoms. The molecule has 1 aliphatic carbocycles. The fraction of sp³-hybridized carbons (Fsp3) is 0.600. The molecule has 1 aromatic carbocycles. The predicted octanol–water partition coefficient (Wildman–Crippen LogP) is 3.23. The molecule has 0 saturated heterocycles. The van der Waals surface area contributed by atoms with E-state index in [0.29, 0.717) is 17.5 Å². The third kappa shape index (κ3) is 3.51. The van der Waals surface area contributed by atoms with Crippen LogP contribution in [-0.4, -0.2) is 17.3 Å². The molecule has 0 amide bonds. The summed E-state index contributed by atoms with van der Waals surface area (Å²) in [6, 6.07) is 2.41. The second kappa shape index (κ2) is 5.97. The molecule has 0 aromatic heterocycles. The zero-order valence-corrected chi connectivity index (χ0v) is 11.4. The van der Waals surface area contributed by atoms with E-state index < -0.39 is 0 Å². The second-order valence-corrected chi connectivity index (χ2v) is 5.53. The summed E-state index contributed by atoms with van der Waals surface area (Å²) in [5, 5.41) is 12.9. The maximum atomic E-state index is 13.9. The Labute approximate surface area is 112 Å². The monoisotopic (exact) mass is 269 g/mol. The molecule has 1 saturated carbocycles. The number of benzene rings is 1. The molecule has 1 aromatic rings. The van der Waals surface area contributed by atoms with Crippen LogP contribution < -0.4 is 5.32 Å². The van der Waals surface area contributed by atoms with Gasteiger partial charge in [0.15, 0.2) is 0 Å². The van der Waals surface area contributed by atoms with E-state index in [1.165, 1.54) is 12.1 Å². The van der Waals surface area contributed by atoms with Crippen molar-refractivity contribution < 1.29 is 13.9 Å². The minimum atomic E-state index is -0.381. The van der Waals surface area contributed by atoms with Gasteiger partial charge in [0.1, 0.15) is 11.6 Å². The van der Waals surface area contributed by atoms with E-state index in [9.17, 15) is 13.9 Å². The highest BCUT2D eigenvalue weighted by Gasteiger charge is 2.23. The van der Waals surface area contributed by atoms with E-state index in [1.54, 1.807) is 6.92 Å². The van der Waals surface area contributed by atoms with Gasteiger partial charge in [0.25, 0.3) is 0 Å². The maximum absolute atomic E-state index is 13.9. The molecule has 0 radical (unpaired) electrons. The van der Waals surface area contributed by atoms with Crippen LogP contribution in [0.1, 0.15) is 49.8 Å². The predicted molar refractivity (Wildman–Crippen MR) is 70.9 cm³/mol. The summed E-state index contributed by atoms with van der Waals surface area (Å²) in [6.45, 7) is 3.38. The van der Waals surface area contributed by atoms with Gasteiger partial charge >= 0.3 is 0 Å². The molecule has 2 rings (SSSR count). The minimum Gasteiger partial charge on any atom is -0.393 e. The Morgan fingerprint density at radius 3 is 2.68 bits per heavy atom.